The number of rotatable bonds is 35. The Labute approximate surface area is 414 Å². The molecule has 0 saturated heterocycles. The number of aliphatic hydroxyl groups is 1. The number of hydrogen-bond donors (Lipinski definition) is 6. The Hall–Kier alpha value is -1.93. The average molecular weight is 969 g/mol. The van der Waals surface area contributed by atoms with Gasteiger partial charge in [-0.2, -0.15) is 16.8 Å². The molecule has 0 spiro atoms. The molecule has 0 rings (SSSR count). The van der Waals surface area contributed by atoms with Crippen molar-refractivity contribution in [2.75, 3.05) is 13.2 Å². The van der Waals surface area contributed by atoms with Crippen molar-refractivity contribution in [1.29, 1.82) is 0 Å². The number of carboxylic acid groups (broad SMARTS) is 5. The minimum absolute atomic E-state index is 0. The van der Waals surface area contributed by atoms with E-state index in [1.54, 1.807) is 0 Å². The Morgan fingerprint density at radius 3 is 0.921 bits per heavy atom. The van der Waals surface area contributed by atoms with Crippen LogP contribution in [0.25, 0.3) is 0 Å². The third kappa shape index (κ3) is 43.7. The minimum Gasteiger partial charge on any atom is -0.550 e. The van der Waals surface area contributed by atoms with Crippen LogP contribution in [0.3, 0.4) is 0 Å². The second-order valence-electron chi connectivity index (χ2n) is 14.3. The van der Waals surface area contributed by atoms with Crippen LogP contribution in [0.5, 0.6) is 0 Å². The summed E-state index contributed by atoms with van der Waals surface area (Å²) in [5.41, 5.74) is -2.74. The van der Waals surface area contributed by atoms with Gasteiger partial charge in [0.05, 0.1) is 26.1 Å². The molecule has 0 aliphatic rings. The van der Waals surface area contributed by atoms with Crippen molar-refractivity contribution >= 4 is 62.0 Å². The Morgan fingerprint density at radius 2 is 0.730 bits per heavy atom. The Bertz CT molecular complexity index is 1420. The second kappa shape index (κ2) is 41.5. The SMILES string of the molecule is CCCCCCCCCCCCOC(=O)C(CC(=O)[O-])S(=O)(=O)O.CCCCCCCCCCCCOC(=O)C(CC(=O)[O-])S(=O)(=O)O.O=C(O)CC(O)(CC(=O)O)C(=O)O.[Na+].[Na+]. The second-order valence-corrected chi connectivity index (χ2v) is 17.5. The molecule has 0 saturated carbocycles. The summed E-state index contributed by atoms with van der Waals surface area (Å²) in [6.45, 7) is 4.38. The van der Waals surface area contributed by atoms with Crippen LogP contribution in [0.4, 0.5) is 0 Å². The molecule has 21 nitrogen and oxygen atoms in total. The first-order valence-electron chi connectivity index (χ1n) is 20.4. The number of hydrogen-bond acceptors (Lipinski definition) is 16. The van der Waals surface area contributed by atoms with E-state index in [0.29, 0.717) is 12.8 Å². The minimum atomic E-state index is -4.82. The van der Waals surface area contributed by atoms with Crippen LogP contribution in [-0.2, 0) is 63.3 Å². The maximum atomic E-state index is 11.5. The number of carbonyl (C=O) groups excluding carboxylic acids is 4. The van der Waals surface area contributed by atoms with E-state index in [0.717, 1.165) is 38.5 Å². The van der Waals surface area contributed by atoms with Crippen molar-refractivity contribution in [2.45, 2.75) is 184 Å². The van der Waals surface area contributed by atoms with Crippen molar-refractivity contribution in [3.8, 4) is 0 Å². The first-order chi connectivity index (χ1) is 28.3. The fraction of sp³-hybridized carbons (Fsp3) is 0.816. The molecule has 6 N–H and O–H groups in total. The number of esters is 2. The zero-order chi connectivity index (χ0) is 47.5. The van der Waals surface area contributed by atoms with E-state index >= 15 is 0 Å². The first kappa shape index (κ1) is 70.1. The Kier molecular flexibility index (Phi) is 46.2. The molecule has 0 aromatic rings. The van der Waals surface area contributed by atoms with Crippen LogP contribution >= 0.6 is 0 Å². The topological polar surface area (TPSA) is 374 Å². The van der Waals surface area contributed by atoms with Crippen LogP contribution in [0, 0.1) is 0 Å². The Morgan fingerprint density at radius 1 is 0.492 bits per heavy atom. The summed E-state index contributed by atoms with van der Waals surface area (Å²) in [6.07, 6.45) is 17.5. The number of carboxylic acids is 5. The molecule has 0 radical (unpaired) electrons. The molecule has 63 heavy (non-hydrogen) atoms. The molecule has 0 aliphatic heterocycles. The molecule has 0 aliphatic carbocycles. The van der Waals surface area contributed by atoms with Crippen molar-refractivity contribution in [1.82, 2.24) is 0 Å². The van der Waals surface area contributed by atoms with Crippen LogP contribution < -0.4 is 69.3 Å². The van der Waals surface area contributed by atoms with Crippen LogP contribution in [-0.4, -0.2) is 117 Å². The van der Waals surface area contributed by atoms with Gasteiger partial charge < -0.3 is 49.7 Å². The number of ether oxygens (including phenoxy) is 2. The van der Waals surface area contributed by atoms with E-state index in [-0.39, 0.29) is 72.3 Å². The van der Waals surface area contributed by atoms with Gasteiger partial charge in [-0.1, -0.05) is 129 Å². The quantitative estimate of drug-likeness (QED) is 0.0155. The van der Waals surface area contributed by atoms with Gasteiger partial charge in [0.2, 0.25) is 0 Å². The first-order valence-corrected chi connectivity index (χ1v) is 23.4. The molecule has 25 heteroatoms. The van der Waals surface area contributed by atoms with Crippen LogP contribution in [0.15, 0.2) is 0 Å². The molecule has 2 atom stereocenters. The molecule has 0 bridgehead atoms. The predicted octanol–water partition coefficient (Wildman–Crippen LogP) is -3.55. The summed E-state index contributed by atoms with van der Waals surface area (Å²) < 4.78 is 71.1. The van der Waals surface area contributed by atoms with E-state index in [9.17, 15) is 60.6 Å². The summed E-state index contributed by atoms with van der Waals surface area (Å²) in [7, 11) is -9.64. The monoisotopic (exact) mass is 968 g/mol. The molecule has 0 fully saturated rings. The third-order valence-electron chi connectivity index (χ3n) is 8.72. The number of carbonyl (C=O) groups is 7. The van der Waals surface area contributed by atoms with E-state index in [2.05, 4.69) is 13.8 Å². The van der Waals surface area contributed by atoms with Gasteiger partial charge in [-0.15, -0.1) is 0 Å². The summed E-state index contributed by atoms with van der Waals surface area (Å²) >= 11 is 0. The average Bonchev–Trinajstić information content (AvgIpc) is 3.12. The molecule has 0 amide bonds. The molecular formula is C38H66Na2O21S2. The largest absolute Gasteiger partial charge is 1.00 e. The van der Waals surface area contributed by atoms with Gasteiger partial charge >= 0.3 is 89.0 Å². The number of unbranched alkanes of at least 4 members (excludes halogenated alkanes) is 18. The summed E-state index contributed by atoms with van der Waals surface area (Å²) in [6, 6.07) is 0. The fourth-order valence-electron chi connectivity index (χ4n) is 5.35. The van der Waals surface area contributed by atoms with Gasteiger partial charge in [-0.05, 0) is 12.8 Å². The van der Waals surface area contributed by atoms with E-state index in [1.165, 1.54) is 77.0 Å². The zero-order valence-corrected chi connectivity index (χ0v) is 42.8. The summed E-state index contributed by atoms with van der Waals surface area (Å²) in [5, 5.41) is 50.4. The molecular weight excluding hydrogens is 903 g/mol. The maximum Gasteiger partial charge on any atom is 1.00 e. The number of aliphatic carboxylic acids is 5. The van der Waals surface area contributed by atoms with Crippen molar-refractivity contribution in [3.05, 3.63) is 0 Å². The van der Waals surface area contributed by atoms with Gasteiger partial charge in [-0.25, -0.2) is 4.79 Å². The van der Waals surface area contributed by atoms with Crippen molar-refractivity contribution in [3.63, 3.8) is 0 Å². The normalized spacial score (nSPS) is 12.0. The van der Waals surface area contributed by atoms with E-state index in [4.69, 9.17) is 39.0 Å². The van der Waals surface area contributed by atoms with Crippen LogP contribution in [0.1, 0.15) is 168 Å². The van der Waals surface area contributed by atoms with Gasteiger partial charge in [0, 0.05) is 24.8 Å². The molecule has 2 unspecified atom stereocenters. The van der Waals surface area contributed by atoms with Gasteiger partial charge in [0.15, 0.2) is 16.1 Å². The zero-order valence-electron chi connectivity index (χ0n) is 37.2. The predicted molar refractivity (Wildman–Crippen MR) is 213 cm³/mol. The molecule has 358 valence electrons. The summed E-state index contributed by atoms with van der Waals surface area (Å²) in [5.74, 6) is -11.0. The molecule has 0 aromatic heterocycles. The van der Waals surface area contributed by atoms with E-state index < -0.39 is 104 Å². The third-order valence-corrected chi connectivity index (χ3v) is 10.9. The Balaban J connectivity index is -0.000000274. The molecule has 0 aromatic carbocycles. The van der Waals surface area contributed by atoms with Gasteiger partial charge in [-0.3, -0.25) is 28.3 Å². The maximum absolute atomic E-state index is 11.5. The van der Waals surface area contributed by atoms with E-state index in [1.807, 2.05) is 0 Å². The smallest absolute Gasteiger partial charge is 0.550 e. The van der Waals surface area contributed by atoms with Crippen LogP contribution in [0.2, 0.25) is 0 Å². The standard InChI is InChI=1S/2C16H30O7S.C6H8O7.2Na/c2*1-2-3-4-5-6-7-8-9-10-11-12-23-16(19)14(13-15(17)18)24(20,21)22;7-3(8)1-6(13,5(11)12)2-4(9)10;;/h2*14H,2-13H2,1H3,(H,17,18)(H,20,21,22);13H,1-2H2,(H,7,8)(H,9,10)(H,11,12);;/q;;;2*+1/p-2. The van der Waals surface area contributed by atoms with Gasteiger partial charge in [0.25, 0.3) is 20.2 Å². The molecule has 0 heterocycles. The van der Waals surface area contributed by atoms with Gasteiger partial charge in [0.1, 0.15) is 0 Å². The summed E-state index contributed by atoms with van der Waals surface area (Å²) in [4.78, 5) is 74.4. The fourth-order valence-corrected chi connectivity index (χ4v) is 6.66. The van der Waals surface area contributed by atoms with Crippen molar-refractivity contribution in [2.24, 2.45) is 0 Å². The van der Waals surface area contributed by atoms with Crippen molar-refractivity contribution < 1.29 is 159 Å².